The fourth-order valence-corrected chi connectivity index (χ4v) is 1.50. The lowest BCUT2D eigenvalue weighted by Gasteiger charge is -2.02. The number of carbonyl (C=O) groups is 1. The van der Waals surface area contributed by atoms with Crippen molar-refractivity contribution in [3.8, 4) is 11.3 Å². The van der Waals surface area contributed by atoms with Crippen molar-refractivity contribution in [2.24, 2.45) is 0 Å². The number of pyridine rings is 1. The minimum atomic E-state index is 0.0444. The molecule has 0 atom stereocenters. The normalized spacial score (nSPS) is 10.1. The average molecular weight is 211 g/mol. The second-order valence-corrected chi connectivity index (χ2v) is 3.85. The van der Waals surface area contributed by atoms with Gasteiger partial charge in [-0.1, -0.05) is 29.8 Å². The summed E-state index contributed by atoms with van der Waals surface area (Å²) >= 11 is 0. The van der Waals surface area contributed by atoms with Crippen molar-refractivity contribution in [3.63, 3.8) is 0 Å². The smallest absolute Gasteiger partial charge is 0.161 e. The molecule has 0 aliphatic carbocycles. The van der Waals surface area contributed by atoms with Crippen LogP contribution < -0.4 is 0 Å². The Balaban J connectivity index is 2.34. The zero-order valence-electron chi connectivity index (χ0n) is 9.40. The molecule has 0 amide bonds. The molecule has 0 aliphatic rings. The maximum atomic E-state index is 11.1. The Morgan fingerprint density at radius 1 is 1.06 bits per heavy atom. The van der Waals surface area contributed by atoms with Crippen molar-refractivity contribution in [1.82, 2.24) is 4.98 Å². The topological polar surface area (TPSA) is 30.0 Å². The Hall–Kier alpha value is -1.96. The summed E-state index contributed by atoms with van der Waals surface area (Å²) in [5, 5.41) is 0. The molecule has 80 valence electrons. The number of Topliss-reactive ketones (excluding diaryl/α,β-unsaturated/α-hetero) is 1. The summed E-state index contributed by atoms with van der Waals surface area (Å²) in [6, 6.07) is 11.9. The maximum absolute atomic E-state index is 11.1. The maximum Gasteiger partial charge on any atom is 0.161 e. The summed E-state index contributed by atoms with van der Waals surface area (Å²) in [4.78, 5) is 15.4. The van der Waals surface area contributed by atoms with Crippen LogP contribution in [0, 0.1) is 6.92 Å². The molecule has 0 aliphatic heterocycles. The van der Waals surface area contributed by atoms with Crippen molar-refractivity contribution < 1.29 is 4.79 Å². The van der Waals surface area contributed by atoms with Gasteiger partial charge in [-0.3, -0.25) is 9.78 Å². The van der Waals surface area contributed by atoms with Gasteiger partial charge in [-0.05, 0) is 26.0 Å². The van der Waals surface area contributed by atoms with Crippen LogP contribution in [-0.4, -0.2) is 10.8 Å². The number of hydrogen-bond donors (Lipinski definition) is 0. The predicted molar refractivity (Wildman–Crippen MR) is 64.4 cm³/mol. The third kappa shape index (κ3) is 2.16. The van der Waals surface area contributed by atoms with Crippen LogP contribution in [0.3, 0.4) is 0 Å². The van der Waals surface area contributed by atoms with Gasteiger partial charge in [0.25, 0.3) is 0 Å². The van der Waals surface area contributed by atoms with Crippen molar-refractivity contribution in [2.45, 2.75) is 13.8 Å². The Morgan fingerprint density at radius 2 is 1.75 bits per heavy atom. The Bertz CT molecular complexity index is 497. The van der Waals surface area contributed by atoms with Gasteiger partial charge in [-0.2, -0.15) is 0 Å². The lowest BCUT2D eigenvalue weighted by atomic mass is 10.1. The van der Waals surface area contributed by atoms with Crippen LogP contribution in [0.2, 0.25) is 0 Å². The minimum absolute atomic E-state index is 0.0444. The molecule has 2 nitrogen and oxygen atoms in total. The average Bonchev–Trinajstić information content (AvgIpc) is 2.30. The summed E-state index contributed by atoms with van der Waals surface area (Å²) in [5.41, 5.74) is 3.84. The zero-order valence-corrected chi connectivity index (χ0v) is 9.40. The molecular formula is C14H13NO. The van der Waals surface area contributed by atoms with Crippen LogP contribution in [0.1, 0.15) is 22.8 Å². The number of aromatic nitrogens is 1. The quantitative estimate of drug-likeness (QED) is 0.714. The van der Waals surface area contributed by atoms with Gasteiger partial charge < -0.3 is 0 Å². The van der Waals surface area contributed by atoms with E-state index >= 15 is 0 Å². The number of benzene rings is 1. The third-order valence-corrected chi connectivity index (χ3v) is 2.52. The molecule has 0 bridgehead atoms. The van der Waals surface area contributed by atoms with Crippen LogP contribution in [0.25, 0.3) is 11.3 Å². The van der Waals surface area contributed by atoms with E-state index in [0.29, 0.717) is 5.56 Å². The van der Waals surface area contributed by atoms with Crippen LogP contribution in [0.5, 0.6) is 0 Å². The second-order valence-electron chi connectivity index (χ2n) is 3.85. The first-order chi connectivity index (χ1) is 7.66. The van der Waals surface area contributed by atoms with Crippen LogP contribution in [0.15, 0.2) is 42.6 Å². The summed E-state index contributed by atoms with van der Waals surface area (Å²) in [7, 11) is 0. The van der Waals surface area contributed by atoms with Crippen LogP contribution in [-0.2, 0) is 0 Å². The van der Waals surface area contributed by atoms with Gasteiger partial charge in [0.15, 0.2) is 5.78 Å². The molecule has 1 aromatic carbocycles. The molecule has 1 heterocycles. The first-order valence-electron chi connectivity index (χ1n) is 5.21. The van der Waals surface area contributed by atoms with E-state index in [9.17, 15) is 4.79 Å². The first kappa shape index (κ1) is 10.6. The fraction of sp³-hybridized carbons (Fsp3) is 0.143. The van der Waals surface area contributed by atoms with Gasteiger partial charge in [0.1, 0.15) is 0 Å². The van der Waals surface area contributed by atoms with Gasteiger partial charge >= 0.3 is 0 Å². The largest absolute Gasteiger partial charge is 0.294 e. The van der Waals surface area contributed by atoms with Crippen molar-refractivity contribution >= 4 is 5.78 Å². The summed E-state index contributed by atoms with van der Waals surface area (Å²) in [5.74, 6) is 0.0444. The van der Waals surface area contributed by atoms with E-state index in [-0.39, 0.29) is 5.78 Å². The van der Waals surface area contributed by atoms with E-state index in [0.717, 1.165) is 11.3 Å². The standard InChI is InChI=1S/C14H13NO/c1-10-3-5-12(6-4-10)14-8-7-13(9-15-14)11(2)16/h3-9H,1-2H3. The number of carbonyl (C=O) groups excluding carboxylic acids is 1. The lowest BCUT2D eigenvalue weighted by Crippen LogP contribution is -1.93. The highest BCUT2D eigenvalue weighted by Crippen LogP contribution is 2.17. The van der Waals surface area contributed by atoms with E-state index in [1.54, 1.807) is 13.1 Å². The van der Waals surface area contributed by atoms with Gasteiger partial charge in [-0.25, -0.2) is 0 Å². The Labute approximate surface area is 95.0 Å². The molecule has 0 spiro atoms. The van der Waals surface area contributed by atoms with Crippen LogP contribution >= 0.6 is 0 Å². The molecule has 2 rings (SSSR count). The summed E-state index contributed by atoms with van der Waals surface area (Å²) in [6.45, 7) is 3.60. The monoisotopic (exact) mass is 211 g/mol. The molecule has 1 aromatic heterocycles. The predicted octanol–water partition coefficient (Wildman–Crippen LogP) is 3.26. The first-order valence-corrected chi connectivity index (χ1v) is 5.21. The number of aryl methyl sites for hydroxylation is 1. The van der Waals surface area contributed by atoms with Crippen LogP contribution in [0.4, 0.5) is 0 Å². The molecule has 2 aromatic rings. The van der Waals surface area contributed by atoms with Gasteiger partial charge in [0, 0.05) is 17.3 Å². The van der Waals surface area contributed by atoms with Gasteiger partial charge in [-0.15, -0.1) is 0 Å². The molecule has 2 heteroatoms. The lowest BCUT2D eigenvalue weighted by molar-refractivity contribution is 0.101. The fourth-order valence-electron chi connectivity index (χ4n) is 1.50. The van der Waals surface area contributed by atoms with Gasteiger partial charge in [0.2, 0.25) is 0 Å². The molecule has 0 fully saturated rings. The number of nitrogens with zero attached hydrogens (tertiary/aromatic N) is 1. The molecule has 16 heavy (non-hydrogen) atoms. The Kier molecular flexibility index (Phi) is 2.82. The molecule has 0 saturated heterocycles. The van der Waals surface area contributed by atoms with Crippen molar-refractivity contribution in [2.75, 3.05) is 0 Å². The number of hydrogen-bond acceptors (Lipinski definition) is 2. The van der Waals surface area contributed by atoms with Gasteiger partial charge in [0.05, 0.1) is 5.69 Å². The Morgan fingerprint density at radius 3 is 2.25 bits per heavy atom. The van der Waals surface area contributed by atoms with E-state index < -0.39 is 0 Å². The number of ketones is 1. The minimum Gasteiger partial charge on any atom is -0.294 e. The summed E-state index contributed by atoms with van der Waals surface area (Å²) in [6.07, 6.45) is 1.62. The molecule has 0 N–H and O–H groups in total. The third-order valence-electron chi connectivity index (χ3n) is 2.52. The highest BCUT2D eigenvalue weighted by atomic mass is 16.1. The van der Waals surface area contributed by atoms with Crippen molar-refractivity contribution in [3.05, 3.63) is 53.7 Å². The highest BCUT2D eigenvalue weighted by molar-refractivity contribution is 5.93. The second kappa shape index (κ2) is 4.27. The van der Waals surface area contributed by atoms with E-state index in [1.165, 1.54) is 5.56 Å². The van der Waals surface area contributed by atoms with Crippen molar-refractivity contribution in [1.29, 1.82) is 0 Å². The summed E-state index contributed by atoms with van der Waals surface area (Å²) < 4.78 is 0. The molecule has 0 unspecified atom stereocenters. The highest BCUT2D eigenvalue weighted by Gasteiger charge is 2.01. The molecule has 0 saturated carbocycles. The number of rotatable bonds is 2. The molecular weight excluding hydrogens is 198 g/mol. The SMILES string of the molecule is CC(=O)c1ccc(-c2ccc(C)cc2)nc1. The van der Waals surface area contributed by atoms with E-state index in [2.05, 4.69) is 24.0 Å². The zero-order chi connectivity index (χ0) is 11.5. The van der Waals surface area contributed by atoms with E-state index in [1.807, 2.05) is 24.3 Å². The van der Waals surface area contributed by atoms with E-state index in [4.69, 9.17) is 0 Å². The molecule has 0 radical (unpaired) electrons.